The maximum atomic E-state index is 13.3. The van der Waals surface area contributed by atoms with Gasteiger partial charge in [0.05, 0.1) is 17.9 Å². The zero-order chi connectivity index (χ0) is 14.5. The number of nitrogen functional groups attached to an aromatic ring is 1. The van der Waals surface area contributed by atoms with E-state index in [0.717, 1.165) is 9.79 Å². The molecule has 104 valence electrons. The van der Waals surface area contributed by atoms with Crippen molar-refractivity contribution in [1.29, 1.82) is 0 Å². The fourth-order valence-corrected chi connectivity index (χ4v) is 2.42. The Hall–Kier alpha value is -2.01. The molecule has 0 fully saturated rings. The third-order valence-corrected chi connectivity index (χ3v) is 3.57. The zero-order valence-corrected chi connectivity index (χ0v) is 11.7. The average Bonchev–Trinajstić information content (AvgIpc) is 2.44. The molecule has 0 atom stereocenters. The molecule has 5 heteroatoms. The minimum atomic E-state index is -0.432. The molecule has 20 heavy (non-hydrogen) atoms. The Kier molecular flexibility index (Phi) is 4.63. The van der Waals surface area contributed by atoms with Gasteiger partial charge in [-0.3, -0.25) is 0 Å². The summed E-state index contributed by atoms with van der Waals surface area (Å²) in [5, 5.41) is 0. The second-order valence-electron chi connectivity index (χ2n) is 4.03. The van der Waals surface area contributed by atoms with Crippen LogP contribution in [0.5, 0.6) is 0 Å². The molecule has 2 aromatic carbocycles. The van der Waals surface area contributed by atoms with Gasteiger partial charge in [-0.2, -0.15) is 0 Å². The summed E-state index contributed by atoms with van der Waals surface area (Å²) >= 11 is 1.40. The van der Waals surface area contributed by atoms with Gasteiger partial charge in [0.1, 0.15) is 5.82 Å². The number of carbonyl (C=O) groups is 1. The molecule has 2 rings (SSSR count). The molecule has 0 saturated carbocycles. The lowest BCUT2D eigenvalue weighted by Crippen LogP contribution is -2.03. The molecule has 0 aliphatic rings. The van der Waals surface area contributed by atoms with E-state index in [4.69, 9.17) is 10.5 Å². The number of rotatable bonds is 4. The van der Waals surface area contributed by atoms with Gasteiger partial charge in [-0.25, -0.2) is 9.18 Å². The van der Waals surface area contributed by atoms with Crippen LogP contribution < -0.4 is 5.73 Å². The van der Waals surface area contributed by atoms with Gasteiger partial charge >= 0.3 is 5.97 Å². The summed E-state index contributed by atoms with van der Waals surface area (Å²) in [6.45, 7) is 2.11. The minimum Gasteiger partial charge on any atom is -0.462 e. The molecule has 0 aromatic heterocycles. The van der Waals surface area contributed by atoms with Crippen LogP contribution in [0.15, 0.2) is 52.3 Å². The smallest absolute Gasteiger partial charge is 0.338 e. The molecule has 0 radical (unpaired) electrons. The standard InChI is InChI=1S/C15H14FNO2S/c1-2-19-15(18)10-3-5-11(6-4-10)20-12-7-8-14(17)13(16)9-12/h3-9H,2,17H2,1H3. The summed E-state index contributed by atoms with van der Waals surface area (Å²) in [6.07, 6.45) is 0. The van der Waals surface area contributed by atoms with Gasteiger partial charge < -0.3 is 10.5 Å². The summed E-state index contributed by atoms with van der Waals surface area (Å²) in [7, 11) is 0. The van der Waals surface area contributed by atoms with Crippen LogP contribution in [0.4, 0.5) is 10.1 Å². The third-order valence-electron chi connectivity index (χ3n) is 2.57. The first-order valence-electron chi connectivity index (χ1n) is 6.10. The lowest BCUT2D eigenvalue weighted by Gasteiger charge is -2.05. The number of carbonyl (C=O) groups excluding carboxylic acids is 1. The van der Waals surface area contributed by atoms with Crippen LogP contribution in [0.25, 0.3) is 0 Å². The van der Waals surface area contributed by atoms with Crippen LogP contribution in [-0.2, 0) is 4.74 Å². The van der Waals surface area contributed by atoms with E-state index in [2.05, 4.69) is 0 Å². The van der Waals surface area contributed by atoms with Crippen LogP contribution in [0.1, 0.15) is 17.3 Å². The molecule has 0 bridgehead atoms. The summed E-state index contributed by atoms with van der Waals surface area (Å²) in [5.74, 6) is -0.777. The van der Waals surface area contributed by atoms with Gasteiger partial charge in [0.15, 0.2) is 0 Å². The lowest BCUT2D eigenvalue weighted by molar-refractivity contribution is 0.0526. The summed E-state index contributed by atoms with van der Waals surface area (Å²) < 4.78 is 18.2. The normalized spacial score (nSPS) is 10.3. The molecule has 3 nitrogen and oxygen atoms in total. The molecule has 2 N–H and O–H groups in total. The highest BCUT2D eigenvalue weighted by atomic mass is 32.2. The van der Waals surface area contributed by atoms with E-state index < -0.39 is 5.82 Å². The fourth-order valence-electron chi connectivity index (χ4n) is 1.58. The number of hydrogen-bond donors (Lipinski definition) is 1. The Labute approximate surface area is 120 Å². The van der Waals surface area contributed by atoms with Gasteiger partial charge in [0.25, 0.3) is 0 Å². The Balaban J connectivity index is 2.10. The second-order valence-corrected chi connectivity index (χ2v) is 5.18. The number of ether oxygens (including phenoxy) is 1. The number of anilines is 1. The second kappa shape index (κ2) is 6.43. The summed E-state index contributed by atoms with van der Waals surface area (Å²) in [4.78, 5) is 13.2. The van der Waals surface area contributed by atoms with Crippen molar-refractivity contribution in [3.8, 4) is 0 Å². The van der Waals surface area contributed by atoms with E-state index >= 15 is 0 Å². The topological polar surface area (TPSA) is 52.3 Å². The van der Waals surface area contributed by atoms with Gasteiger partial charge in [-0.1, -0.05) is 11.8 Å². The minimum absolute atomic E-state index is 0.131. The van der Waals surface area contributed by atoms with Crippen molar-refractivity contribution in [2.24, 2.45) is 0 Å². The van der Waals surface area contributed by atoms with Crippen molar-refractivity contribution >= 4 is 23.4 Å². The highest BCUT2D eigenvalue weighted by molar-refractivity contribution is 7.99. The number of hydrogen-bond acceptors (Lipinski definition) is 4. The molecule has 0 amide bonds. The predicted molar refractivity (Wildman–Crippen MR) is 77.3 cm³/mol. The SMILES string of the molecule is CCOC(=O)c1ccc(Sc2ccc(N)c(F)c2)cc1. The van der Waals surface area contributed by atoms with E-state index in [1.165, 1.54) is 23.9 Å². The maximum Gasteiger partial charge on any atom is 0.338 e. The monoisotopic (exact) mass is 291 g/mol. The first kappa shape index (κ1) is 14.4. The van der Waals surface area contributed by atoms with Crippen molar-refractivity contribution in [3.63, 3.8) is 0 Å². The van der Waals surface area contributed by atoms with Gasteiger partial charge in [-0.15, -0.1) is 0 Å². The van der Waals surface area contributed by atoms with Crippen LogP contribution in [0.2, 0.25) is 0 Å². The Morgan fingerprint density at radius 3 is 2.45 bits per heavy atom. The average molecular weight is 291 g/mol. The summed E-state index contributed by atoms with van der Waals surface area (Å²) in [5.41, 5.74) is 6.06. The fraction of sp³-hybridized carbons (Fsp3) is 0.133. The third kappa shape index (κ3) is 3.51. The van der Waals surface area contributed by atoms with Gasteiger partial charge in [0.2, 0.25) is 0 Å². The first-order valence-corrected chi connectivity index (χ1v) is 6.92. The molecule has 2 aromatic rings. The van der Waals surface area contributed by atoms with E-state index in [1.54, 1.807) is 37.3 Å². The van der Waals surface area contributed by atoms with E-state index in [0.29, 0.717) is 12.2 Å². The molecule has 0 spiro atoms. The quantitative estimate of drug-likeness (QED) is 0.688. The number of halogens is 1. The lowest BCUT2D eigenvalue weighted by atomic mass is 10.2. The Morgan fingerprint density at radius 1 is 1.20 bits per heavy atom. The van der Waals surface area contributed by atoms with E-state index in [1.807, 2.05) is 0 Å². The summed E-state index contributed by atoms with van der Waals surface area (Å²) in [6, 6.07) is 11.6. The number of esters is 1. The zero-order valence-electron chi connectivity index (χ0n) is 10.9. The Bertz CT molecular complexity index is 614. The Morgan fingerprint density at radius 2 is 1.85 bits per heavy atom. The van der Waals surface area contributed by atoms with Crippen LogP contribution >= 0.6 is 11.8 Å². The van der Waals surface area contributed by atoms with Crippen LogP contribution in [0.3, 0.4) is 0 Å². The van der Waals surface area contributed by atoms with Crippen LogP contribution in [0, 0.1) is 5.82 Å². The van der Waals surface area contributed by atoms with Crippen LogP contribution in [-0.4, -0.2) is 12.6 Å². The van der Waals surface area contributed by atoms with Gasteiger partial charge in [-0.05, 0) is 49.4 Å². The maximum absolute atomic E-state index is 13.3. The highest BCUT2D eigenvalue weighted by Crippen LogP contribution is 2.29. The van der Waals surface area contributed by atoms with E-state index in [-0.39, 0.29) is 11.7 Å². The molecule has 0 heterocycles. The predicted octanol–water partition coefficient (Wildman–Crippen LogP) is 3.74. The number of nitrogens with two attached hydrogens (primary N) is 1. The van der Waals surface area contributed by atoms with Crippen molar-refractivity contribution in [1.82, 2.24) is 0 Å². The van der Waals surface area contributed by atoms with Gasteiger partial charge in [0, 0.05) is 9.79 Å². The highest BCUT2D eigenvalue weighted by Gasteiger charge is 2.07. The molecule has 0 aliphatic heterocycles. The number of benzene rings is 2. The molecule has 0 saturated heterocycles. The molecular formula is C15H14FNO2S. The van der Waals surface area contributed by atoms with Crippen molar-refractivity contribution in [2.45, 2.75) is 16.7 Å². The van der Waals surface area contributed by atoms with E-state index in [9.17, 15) is 9.18 Å². The molecular weight excluding hydrogens is 277 g/mol. The van der Waals surface area contributed by atoms with Crippen molar-refractivity contribution in [2.75, 3.05) is 12.3 Å². The largest absolute Gasteiger partial charge is 0.462 e. The van der Waals surface area contributed by atoms with Crippen molar-refractivity contribution < 1.29 is 13.9 Å². The molecule has 0 aliphatic carbocycles. The molecule has 0 unspecified atom stereocenters. The van der Waals surface area contributed by atoms with Crippen molar-refractivity contribution in [3.05, 3.63) is 53.8 Å². The first-order chi connectivity index (χ1) is 9.60.